The molecular formula is C13H16F2N2O2. The number of rotatable bonds is 5. The van der Waals surface area contributed by atoms with Crippen LogP contribution in [-0.2, 0) is 4.79 Å². The van der Waals surface area contributed by atoms with Crippen LogP contribution in [-0.4, -0.2) is 17.9 Å². The number of nitrogens with two attached hydrogens (primary N) is 1. The van der Waals surface area contributed by atoms with Crippen LogP contribution in [0.4, 0.5) is 8.78 Å². The van der Waals surface area contributed by atoms with Crippen LogP contribution in [0.1, 0.15) is 30.6 Å². The van der Waals surface area contributed by atoms with Gasteiger partial charge in [0, 0.05) is 11.6 Å². The first-order chi connectivity index (χ1) is 8.79. The summed E-state index contributed by atoms with van der Waals surface area (Å²) in [6.07, 6.45) is 0.360. The molecule has 104 valence electrons. The van der Waals surface area contributed by atoms with Gasteiger partial charge in [0.25, 0.3) is 5.91 Å². The maximum absolute atomic E-state index is 13.0. The van der Waals surface area contributed by atoms with Crippen LogP contribution in [0.25, 0.3) is 0 Å². The van der Waals surface area contributed by atoms with Crippen molar-refractivity contribution in [3.05, 3.63) is 35.4 Å². The normalized spacial score (nSPS) is 12.3. The summed E-state index contributed by atoms with van der Waals surface area (Å²) in [5.74, 6) is -2.99. The number of benzene rings is 1. The van der Waals surface area contributed by atoms with Crippen LogP contribution in [0.3, 0.4) is 0 Å². The van der Waals surface area contributed by atoms with E-state index < -0.39 is 29.5 Å². The summed E-state index contributed by atoms with van der Waals surface area (Å²) in [5, 5.41) is 2.37. The molecule has 4 nitrogen and oxygen atoms in total. The Balaban J connectivity index is 2.84. The highest BCUT2D eigenvalue weighted by Gasteiger charge is 2.20. The van der Waals surface area contributed by atoms with E-state index in [1.807, 2.05) is 13.8 Å². The SMILES string of the molecule is CC(C)C[C@H](NC(=O)c1cc(F)cc(F)c1)C(N)=O. The quantitative estimate of drug-likeness (QED) is 0.853. The second kappa shape index (κ2) is 6.26. The van der Waals surface area contributed by atoms with Gasteiger partial charge in [0.2, 0.25) is 5.91 Å². The van der Waals surface area contributed by atoms with Gasteiger partial charge in [-0.25, -0.2) is 8.78 Å². The lowest BCUT2D eigenvalue weighted by molar-refractivity contribution is -0.120. The molecular weight excluding hydrogens is 254 g/mol. The summed E-state index contributed by atoms with van der Waals surface area (Å²) in [6, 6.07) is 1.59. The van der Waals surface area contributed by atoms with Crippen LogP contribution in [0, 0.1) is 17.6 Å². The highest BCUT2D eigenvalue weighted by atomic mass is 19.1. The van der Waals surface area contributed by atoms with Gasteiger partial charge >= 0.3 is 0 Å². The summed E-state index contributed by atoms with van der Waals surface area (Å²) in [4.78, 5) is 23.0. The molecule has 19 heavy (non-hydrogen) atoms. The molecule has 0 aliphatic rings. The van der Waals surface area contributed by atoms with Crippen molar-refractivity contribution >= 4 is 11.8 Å². The molecule has 0 aromatic heterocycles. The second-order valence-corrected chi connectivity index (χ2v) is 4.72. The molecule has 6 heteroatoms. The molecule has 0 unspecified atom stereocenters. The van der Waals surface area contributed by atoms with Gasteiger partial charge in [-0.3, -0.25) is 9.59 Å². The largest absolute Gasteiger partial charge is 0.368 e. The zero-order chi connectivity index (χ0) is 14.6. The monoisotopic (exact) mass is 270 g/mol. The van der Waals surface area contributed by atoms with Crippen molar-refractivity contribution in [3.8, 4) is 0 Å². The van der Waals surface area contributed by atoms with Crippen molar-refractivity contribution in [3.63, 3.8) is 0 Å². The second-order valence-electron chi connectivity index (χ2n) is 4.72. The average molecular weight is 270 g/mol. The van der Waals surface area contributed by atoms with Gasteiger partial charge in [-0.2, -0.15) is 0 Å². The summed E-state index contributed by atoms with van der Waals surface area (Å²) in [7, 11) is 0. The smallest absolute Gasteiger partial charge is 0.252 e. The minimum Gasteiger partial charge on any atom is -0.368 e. The first-order valence-electron chi connectivity index (χ1n) is 5.86. The van der Waals surface area contributed by atoms with Gasteiger partial charge in [-0.05, 0) is 24.5 Å². The third-order valence-corrected chi connectivity index (χ3v) is 2.48. The Kier molecular flexibility index (Phi) is 4.97. The number of nitrogens with one attached hydrogen (secondary N) is 1. The minimum absolute atomic E-state index is 0.141. The number of carbonyl (C=O) groups is 2. The van der Waals surface area contributed by atoms with Crippen molar-refractivity contribution in [2.75, 3.05) is 0 Å². The predicted molar refractivity (Wildman–Crippen MR) is 66.3 cm³/mol. The summed E-state index contributed by atoms with van der Waals surface area (Å²) in [5.41, 5.74) is 4.98. The van der Waals surface area contributed by atoms with Gasteiger partial charge in [0.15, 0.2) is 0 Å². The molecule has 0 heterocycles. The van der Waals surface area contributed by atoms with E-state index in [-0.39, 0.29) is 11.5 Å². The highest BCUT2D eigenvalue weighted by molar-refractivity contribution is 5.97. The Morgan fingerprint density at radius 1 is 1.21 bits per heavy atom. The van der Waals surface area contributed by atoms with E-state index in [1.165, 1.54) is 0 Å². The molecule has 0 fully saturated rings. The lowest BCUT2D eigenvalue weighted by Crippen LogP contribution is -2.45. The molecule has 0 aliphatic heterocycles. The van der Waals surface area contributed by atoms with Gasteiger partial charge < -0.3 is 11.1 Å². The van der Waals surface area contributed by atoms with Crippen molar-refractivity contribution in [2.24, 2.45) is 11.7 Å². The molecule has 0 aliphatic carbocycles. The first-order valence-corrected chi connectivity index (χ1v) is 5.86. The predicted octanol–water partition coefficient (Wildman–Crippen LogP) is 1.59. The van der Waals surface area contributed by atoms with Crippen molar-refractivity contribution in [1.29, 1.82) is 0 Å². The number of hydrogen-bond donors (Lipinski definition) is 2. The molecule has 0 saturated carbocycles. The van der Waals surface area contributed by atoms with Crippen LogP contribution in [0.2, 0.25) is 0 Å². The third kappa shape index (κ3) is 4.65. The Hall–Kier alpha value is -1.98. The molecule has 1 rings (SSSR count). The molecule has 1 atom stereocenters. The number of carbonyl (C=O) groups excluding carboxylic acids is 2. The highest BCUT2D eigenvalue weighted by Crippen LogP contribution is 2.10. The van der Waals surface area contributed by atoms with Gasteiger partial charge in [0.1, 0.15) is 17.7 Å². The topological polar surface area (TPSA) is 72.2 Å². The standard InChI is InChI=1S/C13H16F2N2O2/c1-7(2)3-11(12(16)18)17-13(19)8-4-9(14)6-10(15)5-8/h4-7,11H,3H2,1-2H3,(H2,16,18)(H,17,19)/t11-/m0/s1. The lowest BCUT2D eigenvalue weighted by Gasteiger charge is -2.17. The van der Waals surface area contributed by atoms with E-state index >= 15 is 0 Å². The fraction of sp³-hybridized carbons (Fsp3) is 0.385. The average Bonchev–Trinajstić information content (AvgIpc) is 2.25. The number of primary amides is 1. The van der Waals surface area contributed by atoms with Crippen molar-refractivity contribution < 1.29 is 18.4 Å². The third-order valence-electron chi connectivity index (χ3n) is 2.48. The summed E-state index contributed by atoms with van der Waals surface area (Å²) >= 11 is 0. The lowest BCUT2D eigenvalue weighted by atomic mass is 10.0. The fourth-order valence-corrected chi connectivity index (χ4v) is 1.64. The van der Waals surface area contributed by atoms with E-state index in [0.29, 0.717) is 12.5 Å². The maximum Gasteiger partial charge on any atom is 0.252 e. The number of hydrogen-bond acceptors (Lipinski definition) is 2. The molecule has 1 aromatic rings. The Labute approximate surface area is 110 Å². The van der Waals surface area contributed by atoms with Gasteiger partial charge in [-0.1, -0.05) is 13.8 Å². The van der Waals surface area contributed by atoms with E-state index in [1.54, 1.807) is 0 Å². The molecule has 0 spiro atoms. The van der Waals surface area contributed by atoms with Crippen LogP contribution in [0.5, 0.6) is 0 Å². The maximum atomic E-state index is 13.0. The van der Waals surface area contributed by atoms with Crippen LogP contribution >= 0.6 is 0 Å². The van der Waals surface area contributed by atoms with Gasteiger partial charge in [0.05, 0.1) is 0 Å². The minimum atomic E-state index is -0.862. The number of halogens is 2. The van der Waals surface area contributed by atoms with Crippen molar-refractivity contribution in [2.45, 2.75) is 26.3 Å². The molecule has 0 saturated heterocycles. The fourth-order valence-electron chi connectivity index (χ4n) is 1.64. The zero-order valence-corrected chi connectivity index (χ0v) is 10.7. The summed E-state index contributed by atoms with van der Waals surface area (Å²) in [6.45, 7) is 3.73. The zero-order valence-electron chi connectivity index (χ0n) is 10.7. The first kappa shape index (κ1) is 15.1. The van der Waals surface area contributed by atoms with Crippen LogP contribution in [0.15, 0.2) is 18.2 Å². The Bertz CT molecular complexity index is 469. The van der Waals surface area contributed by atoms with Crippen LogP contribution < -0.4 is 11.1 Å². The van der Waals surface area contributed by atoms with Crippen molar-refractivity contribution in [1.82, 2.24) is 5.32 Å². The molecule has 3 N–H and O–H groups in total. The van der Waals surface area contributed by atoms with E-state index in [2.05, 4.69) is 5.32 Å². The van der Waals surface area contributed by atoms with Gasteiger partial charge in [-0.15, -0.1) is 0 Å². The molecule has 1 aromatic carbocycles. The molecule has 0 bridgehead atoms. The molecule has 0 radical (unpaired) electrons. The number of amides is 2. The van der Waals surface area contributed by atoms with E-state index in [4.69, 9.17) is 5.73 Å². The van der Waals surface area contributed by atoms with E-state index in [9.17, 15) is 18.4 Å². The Morgan fingerprint density at radius 3 is 2.16 bits per heavy atom. The van der Waals surface area contributed by atoms with E-state index in [0.717, 1.165) is 12.1 Å². The molecule has 2 amide bonds. The Morgan fingerprint density at radius 2 is 1.74 bits per heavy atom. The summed E-state index contributed by atoms with van der Waals surface area (Å²) < 4.78 is 26.0.